The summed E-state index contributed by atoms with van der Waals surface area (Å²) in [6, 6.07) is 8.10. The van der Waals surface area contributed by atoms with E-state index in [0.717, 1.165) is 34.2 Å². The third-order valence-corrected chi connectivity index (χ3v) is 22.1. The molecule has 2 aromatic heterocycles. The maximum atomic E-state index is 14.4. The van der Waals surface area contributed by atoms with E-state index in [2.05, 4.69) is 106 Å². The van der Waals surface area contributed by atoms with Gasteiger partial charge in [-0.15, -0.1) is 0 Å². The second-order valence-corrected chi connectivity index (χ2v) is 33.4. The molecule has 4 aromatic rings. The van der Waals surface area contributed by atoms with Gasteiger partial charge < -0.3 is 68.5 Å². The molecule has 1 saturated carbocycles. The molecule has 5 rings (SSSR count). The van der Waals surface area contributed by atoms with Crippen LogP contribution in [0.2, 0.25) is 10.1 Å². The maximum absolute atomic E-state index is 14.4. The molecule has 11 amide bonds. The van der Waals surface area contributed by atoms with Gasteiger partial charge in [-0.05, 0) is 84.1 Å². The van der Waals surface area contributed by atoms with Gasteiger partial charge in [0.25, 0.3) is 0 Å². The van der Waals surface area contributed by atoms with Crippen molar-refractivity contribution >= 4 is 89.9 Å². The summed E-state index contributed by atoms with van der Waals surface area (Å²) >= 11 is 0. The van der Waals surface area contributed by atoms with Crippen molar-refractivity contribution in [2.75, 3.05) is 20.1 Å². The number of aryl methyl sites for hydroxylation is 1. The number of nitrogens with two attached hydrogens (primary N) is 2. The maximum Gasteiger partial charge on any atom is 0.245 e. The van der Waals surface area contributed by atoms with Crippen molar-refractivity contribution in [3.8, 4) is 0 Å². The fourth-order valence-corrected chi connectivity index (χ4v) is 17.5. The highest BCUT2D eigenvalue weighted by atomic mass is 28.3. The Morgan fingerprint density at radius 1 is 0.684 bits per heavy atom. The van der Waals surface area contributed by atoms with Crippen LogP contribution in [0.4, 0.5) is 0 Å². The van der Waals surface area contributed by atoms with Crippen LogP contribution >= 0.6 is 0 Å². The molecule has 2 heterocycles. The fraction of sp³-hybridized carbons (Fsp3) is 0.594. The van der Waals surface area contributed by atoms with Crippen LogP contribution in [0.5, 0.6) is 0 Å². The molecule has 1 aliphatic carbocycles. The average molecular weight is 1340 g/mol. The van der Waals surface area contributed by atoms with Gasteiger partial charge in [0, 0.05) is 87.8 Å². The molecule has 25 nitrogen and oxygen atoms in total. The minimum Gasteiger partial charge on any atom is -0.370 e. The number of likely N-dealkylation sites (N-methyl/N-ethyl adjacent to an activating group) is 1. The highest BCUT2D eigenvalue weighted by Gasteiger charge is 2.39. The van der Waals surface area contributed by atoms with Crippen molar-refractivity contribution in [2.24, 2.45) is 36.3 Å². The largest absolute Gasteiger partial charge is 0.370 e. The Morgan fingerprint density at radius 3 is 1.89 bits per heavy atom. The highest BCUT2D eigenvalue weighted by Crippen LogP contribution is 2.41. The standard InChI is InChI=1S/C69H106N14O11Si/c1-14-42(4)50(29-31-58(86)77-53(62(71)89)33-44-22-23-44)79-66(93)55(36-47-38-72-40-83(47)13)78-60(88)39-82(12)67(94)61(41(2)3)81-63(90)43(5)75-65(92)54(35-46-37-74-51-20-16-15-19-49(46)51)80-64(91)52(28-30-56(70)84)76-57(85)21-17-18-32-73-59(87)34-45-24-26-48(27-25-45)95(68(6,7)8)69(9,10)11/h15-16,19-20,24-27,37-38,40-44,50,52-55,61,74,95H,14,17-18,21-23,28-36,39H2,1-13H3,(H2,70,84)(H2,71,89)(H,73,87)(H,75,92)(H,76,85)(H,77,86)(H,78,88)(H,79,93)(H,80,91)(H,81,90)/t42-,43-,50+,52-,53-,54-,55-,61-/m0/s1. The molecule has 8 atom stereocenters. The number of carbonyl (C=O) groups excluding carboxylic acids is 11. The number of unbranched alkanes of at least 4 members (excludes halogenated alkanes) is 1. The topological polar surface area (TPSA) is 373 Å². The van der Waals surface area contributed by atoms with Crippen LogP contribution < -0.4 is 59.2 Å². The molecular formula is C69H106N14O11Si. The monoisotopic (exact) mass is 1330 g/mol. The van der Waals surface area contributed by atoms with Gasteiger partial charge in [-0.3, -0.25) is 52.7 Å². The summed E-state index contributed by atoms with van der Waals surface area (Å²) in [7, 11) is 1.72. The van der Waals surface area contributed by atoms with Crippen LogP contribution in [0.25, 0.3) is 10.9 Å². The van der Waals surface area contributed by atoms with Gasteiger partial charge in [-0.1, -0.05) is 136 Å². The van der Waals surface area contributed by atoms with Gasteiger partial charge in [0.2, 0.25) is 65.0 Å². The lowest BCUT2D eigenvalue weighted by atomic mass is 9.94. The third-order valence-electron chi connectivity index (χ3n) is 17.6. The number of aromatic amines is 1. The second kappa shape index (κ2) is 35.9. The molecule has 0 spiro atoms. The molecule has 0 unspecified atom stereocenters. The number of nitrogens with one attached hydrogen (secondary N) is 9. The van der Waals surface area contributed by atoms with E-state index in [4.69, 9.17) is 11.5 Å². The quantitative estimate of drug-likeness (QED) is 0.0228. The normalized spacial score (nSPS) is 15.0. The number of hydrogen-bond donors (Lipinski definition) is 11. The Bertz CT molecular complexity index is 3280. The van der Waals surface area contributed by atoms with Crippen molar-refractivity contribution in [3.63, 3.8) is 0 Å². The number of rotatable bonds is 38. The van der Waals surface area contributed by atoms with Crippen LogP contribution in [0.3, 0.4) is 0 Å². The molecule has 1 fully saturated rings. The Hall–Kier alpha value is -8.42. The summed E-state index contributed by atoms with van der Waals surface area (Å²) in [6.07, 6.45) is 8.64. The third kappa shape index (κ3) is 25.0. The van der Waals surface area contributed by atoms with E-state index in [9.17, 15) is 52.7 Å². The van der Waals surface area contributed by atoms with Gasteiger partial charge in [-0.25, -0.2) is 4.98 Å². The van der Waals surface area contributed by atoms with Crippen molar-refractivity contribution in [1.82, 2.24) is 62.0 Å². The Balaban J connectivity index is 1.20. The molecule has 0 bridgehead atoms. The molecule has 522 valence electrons. The predicted molar refractivity (Wildman–Crippen MR) is 367 cm³/mol. The molecule has 13 N–H and O–H groups in total. The number of amides is 11. The smallest absolute Gasteiger partial charge is 0.245 e. The number of aromatic nitrogens is 3. The van der Waals surface area contributed by atoms with E-state index < -0.39 is 117 Å². The summed E-state index contributed by atoms with van der Waals surface area (Å²) < 4.78 is 1.70. The summed E-state index contributed by atoms with van der Waals surface area (Å²) in [4.78, 5) is 157. The zero-order chi connectivity index (χ0) is 70.5. The number of nitrogens with zero attached hydrogens (tertiary/aromatic N) is 3. The minimum absolute atomic E-state index is 0.00466. The lowest BCUT2D eigenvalue weighted by Gasteiger charge is -2.39. The Kier molecular flexibility index (Phi) is 29.2. The van der Waals surface area contributed by atoms with Gasteiger partial charge in [0.15, 0.2) is 0 Å². The summed E-state index contributed by atoms with van der Waals surface area (Å²) in [5, 5.41) is 24.8. The van der Waals surface area contributed by atoms with Crippen LogP contribution in [0.1, 0.15) is 164 Å². The van der Waals surface area contributed by atoms with Crippen molar-refractivity contribution < 1.29 is 52.7 Å². The van der Waals surface area contributed by atoms with E-state index in [1.165, 1.54) is 19.2 Å². The first-order chi connectivity index (χ1) is 44.6. The van der Waals surface area contributed by atoms with Crippen LogP contribution in [0, 0.1) is 17.8 Å². The van der Waals surface area contributed by atoms with Gasteiger partial charge in [0.05, 0.1) is 28.1 Å². The Labute approximate surface area is 561 Å². The number of para-hydroxylation sites is 1. The molecule has 0 aliphatic heterocycles. The predicted octanol–water partition coefficient (Wildman–Crippen LogP) is 3.16. The van der Waals surface area contributed by atoms with Gasteiger partial charge in [-0.2, -0.15) is 0 Å². The van der Waals surface area contributed by atoms with Crippen LogP contribution in [-0.2, 0) is 79.1 Å². The number of hydrogen-bond acceptors (Lipinski definition) is 12. The molecule has 26 heteroatoms. The second-order valence-electron chi connectivity index (χ2n) is 28.4. The first-order valence-electron chi connectivity index (χ1n) is 33.4. The number of imidazole rings is 1. The minimum atomic E-state index is -1.39. The SMILES string of the molecule is CC[C@H](C)[C@@H](CCC(=O)N[C@@H](CC1CC1)C(N)=O)NC(=O)[C@H](Cc1cncn1C)NC(=O)CN(C)C(=O)[C@@H](NC(=O)[C@H](C)NC(=O)[C@H](Cc1c[nH]c2ccccc12)NC(=O)[C@H](CCC(N)=O)NC(=O)CCCCNC(=O)Cc1ccc([SiH](C(C)(C)C)C(C)(C)C)cc1)C(C)C. The van der Waals surface area contributed by atoms with E-state index >= 15 is 0 Å². The number of fused-ring (bicyclic) bond motifs is 1. The van der Waals surface area contributed by atoms with Crippen LogP contribution in [0.15, 0.2) is 67.3 Å². The first kappa shape index (κ1) is 77.3. The molecule has 0 saturated heterocycles. The van der Waals surface area contributed by atoms with Crippen molar-refractivity contribution in [2.45, 2.75) is 218 Å². The molecular weight excluding hydrogens is 1230 g/mol. The molecule has 95 heavy (non-hydrogen) atoms. The van der Waals surface area contributed by atoms with E-state index in [0.29, 0.717) is 49.4 Å². The lowest BCUT2D eigenvalue weighted by Crippen LogP contribution is -2.59. The van der Waals surface area contributed by atoms with Gasteiger partial charge >= 0.3 is 0 Å². The molecule has 0 radical (unpaired) electrons. The number of carbonyl (C=O) groups is 11. The molecule has 1 aliphatic rings. The lowest BCUT2D eigenvalue weighted by molar-refractivity contribution is -0.140. The zero-order valence-corrected chi connectivity index (χ0v) is 59.2. The summed E-state index contributed by atoms with van der Waals surface area (Å²) in [6.45, 7) is 22.2. The van der Waals surface area contributed by atoms with Crippen molar-refractivity contribution in [3.05, 3.63) is 84.1 Å². The summed E-state index contributed by atoms with van der Waals surface area (Å²) in [5.74, 6) is -6.86. The van der Waals surface area contributed by atoms with Gasteiger partial charge in [0.1, 0.15) is 36.3 Å². The first-order valence-corrected chi connectivity index (χ1v) is 35.2. The van der Waals surface area contributed by atoms with E-state index in [1.54, 1.807) is 44.2 Å². The summed E-state index contributed by atoms with van der Waals surface area (Å²) in [5.41, 5.74) is 14.0. The van der Waals surface area contributed by atoms with Crippen molar-refractivity contribution in [1.29, 1.82) is 0 Å². The zero-order valence-electron chi connectivity index (χ0n) is 58.0. The average Bonchev–Trinajstić information content (AvgIpc) is 1.45. The highest BCUT2D eigenvalue weighted by molar-refractivity contribution is 6.78. The Morgan fingerprint density at radius 2 is 1.29 bits per heavy atom. The fourth-order valence-electron chi connectivity index (χ4n) is 12.3. The van der Waals surface area contributed by atoms with Crippen LogP contribution in [-0.4, -0.2) is 156 Å². The molecule has 2 aromatic carbocycles. The number of benzene rings is 2. The number of H-pyrrole nitrogens is 1. The van der Waals surface area contributed by atoms with E-state index in [1.807, 2.05) is 50.2 Å². The van der Waals surface area contributed by atoms with E-state index in [-0.39, 0.29) is 79.2 Å². The number of primary amides is 2.